The number of hydrogen-bond acceptors (Lipinski definition) is 2. The van der Waals surface area contributed by atoms with Gasteiger partial charge < -0.3 is 10.1 Å². The molecule has 3 heteroatoms. The smallest absolute Gasteiger partial charge is 0.224 e. The molecule has 132 valence electrons. The molecular weight excluding hydrogens is 310 g/mol. The molecule has 1 unspecified atom stereocenters. The number of ether oxygens (including phenoxy) is 1. The normalized spacial score (nSPS) is 18.2. The van der Waals surface area contributed by atoms with Gasteiger partial charge in [0.05, 0.1) is 12.5 Å². The molecule has 1 N–H and O–H groups in total. The van der Waals surface area contributed by atoms with Gasteiger partial charge in [-0.3, -0.25) is 4.79 Å². The van der Waals surface area contributed by atoms with Crippen LogP contribution in [0.3, 0.4) is 0 Å². The fourth-order valence-electron chi connectivity index (χ4n) is 3.50. The Balaban J connectivity index is 1.80. The maximum atomic E-state index is 12.7. The van der Waals surface area contributed by atoms with Gasteiger partial charge in [0.1, 0.15) is 11.4 Å². The predicted molar refractivity (Wildman–Crippen MR) is 101 cm³/mol. The lowest BCUT2D eigenvalue weighted by Crippen LogP contribution is -2.41. The van der Waals surface area contributed by atoms with Crippen molar-refractivity contribution in [2.45, 2.75) is 59.1 Å². The highest BCUT2D eigenvalue weighted by Gasteiger charge is 2.34. The van der Waals surface area contributed by atoms with Crippen molar-refractivity contribution >= 4 is 5.91 Å². The number of amides is 1. The molecule has 1 amide bonds. The van der Waals surface area contributed by atoms with Crippen molar-refractivity contribution in [3.05, 3.63) is 64.2 Å². The van der Waals surface area contributed by atoms with Crippen molar-refractivity contribution in [3.63, 3.8) is 0 Å². The molecule has 0 aliphatic carbocycles. The van der Waals surface area contributed by atoms with E-state index in [9.17, 15) is 4.79 Å². The summed E-state index contributed by atoms with van der Waals surface area (Å²) in [6, 6.07) is 12.4. The third-order valence-corrected chi connectivity index (χ3v) is 4.82. The highest BCUT2D eigenvalue weighted by Crippen LogP contribution is 2.39. The van der Waals surface area contributed by atoms with Crippen LogP contribution in [0, 0.1) is 20.8 Å². The van der Waals surface area contributed by atoms with Crippen LogP contribution in [0.1, 0.15) is 54.1 Å². The van der Waals surface area contributed by atoms with Gasteiger partial charge in [0.2, 0.25) is 5.91 Å². The first-order valence-corrected chi connectivity index (χ1v) is 8.88. The molecule has 1 aliphatic rings. The van der Waals surface area contributed by atoms with Crippen LogP contribution in [0.15, 0.2) is 36.4 Å². The molecule has 25 heavy (non-hydrogen) atoms. The minimum Gasteiger partial charge on any atom is -0.487 e. The zero-order valence-electron chi connectivity index (χ0n) is 15.8. The molecule has 0 radical (unpaired) electrons. The summed E-state index contributed by atoms with van der Waals surface area (Å²) in [7, 11) is 0. The molecule has 0 fully saturated rings. The maximum Gasteiger partial charge on any atom is 0.224 e. The summed E-state index contributed by atoms with van der Waals surface area (Å²) < 4.78 is 6.11. The van der Waals surface area contributed by atoms with Crippen LogP contribution in [0.2, 0.25) is 0 Å². The van der Waals surface area contributed by atoms with E-state index in [1.807, 2.05) is 0 Å². The first-order valence-electron chi connectivity index (χ1n) is 8.88. The molecule has 2 aromatic carbocycles. The molecule has 0 aromatic heterocycles. The summed E-state index contributed by atoms with van der Waals surface area (Å²) in [6.07, 6.45) is 1.17. The van der Waals surface area contributed by atoms with Gasteiger partial charge in [0.15, 0.2) is 0 Å². The van der Waals surface area contributed by atoms with E-state index in [4.69, 9.17) is 4.74 Å². The van der Waals surface area contributed by atoms with E-state index < -0.39 is 0 Å². The van der Waals surface area contributed by atoms with E-state index >= 15 is 0 Å². The van der Waals surface area contributed by atoms with Crippen molar-refractivity contribution in [1.82, 2.24) is 5.32 Å². The number of fused-ring (bicyclic) bond motifs is 1. The number of aryl methyl sites for hydroxylation is 3. The molecule has 3 nitrogen and oxygen atoms in total. The van der Waals surface area contributed by atoms with Gasteiger partial charge in [0, 0.05) is 12.0 Å². The maximum absolute atomic E-state index is 12.7. The SMILES string of the molecule is Cc1ccc(C)c(CC(=O)NC2CC(C)(C)Oc3cc(C)ccc32)c1. The summed E-state index contributed by atoms with van der Waals surface area (Å²) in [5.41, 5.74) is 5.37. The number of carbonyl (C=O) groups excluding carboxylic acids is 1. The molecule has 0 saturated carbocycles. The predicted octanol–water partition coefficient (Wildman–Crippen LogP) is 4.57. The number of carbonyl (C=O) groups is 1. The average Bonchev–Trinajstić information content (AvgIpc) is 2.49. The first kappa shape index (κ1) is 17.5. The van der Waals surface area contributed by atoms with Crippen molar-refractivity contribution in [3.8, 4) is 5.75 Å². The molecular formula is C22H27NO2. The topological polar surface area (TPSA) is 38.3 Å². The van der Waals surface area contributed by atoms with Crippen molar-refractivity contribution in [2.75, 3.05) is 0 Å². The van der Waals surface area contributed by atoms with Crippen LogP contribution in [-0.2, 0) is 11.2 Å². The average molecular weight is 337 g/mol. The molecule has 1 atom stereocenters. The van der Waals surface area contributed by atoms with Crippen LogP contribution in [0.5, 0.6) is 5.75 Å². The van der Waals surface area contributed by atoms with E-state index in [1.165, 1.54) is 5.56 Å². The van der Waals surface area contributed by atoms with E-state index in [0.717, 1.165) is 34.4 Å². The van der Waals surface area contributed by atoms with E-state index in [-0.39, 0.29) is 17.6 Å². The highest BCUT2D eigenvalue weighted by molar-refractivity contribution is 5.79. The van der Waals surface area contributed by atoms with Gasteiger partial charge in [-0.05, 0) is 57.4 Å². The minimum absolute atomic E-state index is 0.0167. The second-order valence-corrected chi connectivity index (χ2v) is 7.83. The molecule has 0 saturated heterocycles. The summed E-state index contributed by atoms with van der Waals surface area (Å²) in [4.78, 5) is 12.7. The fraction of sp³-hybridized carbons (Fsp3) is 0.409. The Morgan fingerprint density at radius 2 is 1.80 bits per heavy atom. The second-order valence-electron chi connectivity index (χ2n) is 7.83. The molecule has 1 aliphatic heterocycles. The lowest BCUT2D eigenvalue weighted by Gasteiger charge is -2.38. The van der Waals surface area contributed by atoms with Gasteiger partial charge in [-0.2, -0.15) is 0 Å². The van der Waals surface area contributed by atoms with Crippen molar-refractivity contribution < 1.29 is 9.53 Å². The summed E-state index contributed by atoms with van der Waals surface area (Å²) >= 11 is 0. The molecule has 3 rings (SSSR count). The Bertz CT molecular complexity index is 808. The third-order valence-electron chi connectivity index (χ3n) is 4.82. The highest BCUT2D eigenvalue weighted by atomic mass is 16.5. The Labute approximate surface area is 150 Å². The van der Waals surface area contributed by atoms with Crippen LogP contribution in [-0.4, -0.2) is 11.5 Å². The third kappa shape index (κ3) is 4.04. The second kappa shape index (κ2) is 6.55. The lowest BCUT2D eigenvalue weighted by atomic mass is 9.89. The van der Waals surface area contributed by atoms with Gasteiger partial charge in [-0.25, -0.2) is 0 Å². The van der Waals surface area contributed by atoms with Crippen LogP contribution >= 0.6 is 0 Å². The lowest BCUT2D eigenvalue weighted by molar-refractivity contribution is -0.121. The quantitative estimate of drug-likeness (QED) is 0.891. The zero-order chi connectivity index (χ0) is 18.2. The Hall–Kier alpha value is -2.29. The summed E-state index contributed by atoms with van der Waals surface area (Å²) in [5, 5.41) is 3.23. The van der Waals surface area contributed by atoms with Crippen LogP contribution in [0.4, 0.5) is 0 Å². The van der Waals surface area contributed by atoms with E-state index in [2.05, 4.69) is 76.3 Å². The van der Waals surface area contributed by atoms with Gasteiger partial charge in [-0.1, -0.05) is 35.9 Å². The first-order chi connectivity index (χ1) is 11.7. The molecule has 2 aromatic rings. The van der Waals surface area contributed by atoms with Crippen molar-refractivity contribution in [1.29, 1.82) is 0 Å². The summed E-state index contributed by atoms with van der Waals surface area (Å²) in [6.45, 7) is 10.3. The monoisotopic (exact) mass is 337 g/mol. The fourth-order valence-corrected chi connectivity index (χ4v) is 3.50. The van der Waals surface area contributed by atoms with Gasteiger partial charge in [-0.15, -0.1) is 0 Å². The number of rotatable bonds is 3. The Morgan fingerprint density at radius 1 is 1.12 bits per heavy atom. The standard InChI is InChI=1S/C22H27NO2/c1-14-6-8-16(3)17(10-14)12-21(24)23-19-13-22(4,5)25-20-11-15(2)7-9-18(19)20/h6-11,19H,12-13H2,1-5H3,(H,23,24). The zero-order valence-corrected chi connectivity index (χ0v) is 15.8. The van der Waals surface area contributed by atoms with E-state index in [0.29, 0.717) is 6.42 Å². The minimum atomic E-state index is -0.294. The molecule has 1 heterocycles. The van der Waals surface area contributed by atoms with E-state index in [1.54, 1.807) is 0 Å². The van der Waals surface area contributed by atoms with Crippen molar-refractivity contribution in [2.24, 2.45) is 0 Å². The number of benzene rings is 2. The van der Waals surface area contributed by atoms with Gasteiger partial charge in [0.25, 0.3) is 0 Å². The Kier molecular flexibility index (Phi) is 4.59. The number of nitrogens with one attached hydrogen (secondary N) is 1. The van der Waals surface area contributed by atoms with Crippen LogP contribution in [0.25, 0.3) is 0 Å². The largest absolute Gasteiger partial charge is 0.487 e. The summed E-state index contributed by atoms with van der Waals surface area (Å²) in [5.74, 6) is 0.941. The number of hydrogen-bond donors (Lipinski definition) is 1. The molecule has 0 bridgehead atoms. The van der Waals surface area contributed by atoms with Crippen LogP contribution < -0.4 is 10.1 Å². The Morgan fingerprint density at radius 3 is 2.56 bits per heavy atom. The van der Waals surface area contributed by atoms with Gasteiger partial charge >= 0.3 is 0 Å². The molecule has 0 spiro atoms.